The average molecular weight is 811 g/mol. The lowest BCUT2D eigenvalue weighted by Crippen LogP contribution is -2.29. The summed E-state index contributed by atoms with van der Waals surface area (Å²) in [6, 6.07) is 0. The molecule has 3 N–H and O–H groups in total. The molecule has 0 aliphatic carbocycles. The first kappa shape index (κ1) is 53.3. The first-order valence-electron chi connectivity index (χ1n) is 21.2. The van der Waals surface area contributed by atoms with Gasteiger partial charge in [-0.1, -0.05) is 133 Å². The molecule has 56 heavy (non-hydrogen) atoms. The van der Waals surface area contributed by atoms with Crippen LogP contribution in [0.1, 0.15) is 162 Å². The zero-order chi connectivity index (χ0) is 41.4. The zero-order valence-electron chi connectivity index (χ0n) is 34.6. The van der Waals surface area contributed by atoms with E-state index < -0.39 is 58.4 Å². The molecular weight excluding hydrogens is 735 g/mol. The monoisotopic (exact) mass is 811 g/mol. The number of ether oxygens (including phenoxy) is 2. The van der Waals surface area contributed by atoms with E-state index in [0.717, 1.165) is 57.8 Å². The maximum absolute atomic E-state index is 12.6. The standard InChI is InChI=1S/C44H75O11P/c1-3-5-7-9-11-13-15-17-18-20-22-24-26-28-30-34-44(49)55-42(39-54-56(50,51)53-37-41(47)36-45)38-52-43(48)35-31-33-40(46)32-29-27-25-23-21-19-16-14-12-10-8-6-4-2/h12,14,17-19,21,25,27,29,32,41-42,45,47H,3-11,13,15-16,20,22-24,26,28,30-31,33-39H2,1-2H3,(H,50,51)/b14-12-,18-17-,21-19-,27-25-,32-29+/t41-,42+/m0/s1. The number of rotatable bonds is 39. The van der Waals surface area contributed by atoms with Crippen LogP contribution in [0, 0.1) is 0 Å². The lowest BCUT2D eigenvalue weighted by Gasteiger charge is -2.20. The summed E-state index contributed by atoms with van der Waals surface area (Å²) in [4.78, 5) is 47.1. The second kappa shape index (κ2) is 39.2. The van der Waals surface area contributed by atoms with Gasteiger partial charge in [-0.2, -0.15) is 0 Å². The lowest BCUT2D eigenvalue weighted by molar-refractivity contribution is -0.161. The Morgan fingerprint density at radius 1 is 0.589 bits per heavy atom. The zero-order valence-corrected chi connectivity index (χ0v) is 35.5. The molecule has 0 amide bonds. The van der Waals surface area contributed by atoms with Gasteiger partial charge in [-0.3, -0.25) is 23.4 Å². The number of hydrogen-bond acceptors (Lipinski definition) is 10. The molecule has 0 aromatic rings. The van der Waals surface area contributed by atoms with Crippen LogP contribution in [0.5, 0.6) is 0 Å². The number of phosphoric acid groups is 1. The molecule has 0 radical (unpaired) electrons. The van der Waals surface area contributed by atoms with Gasteiger partial charge < -0.3 is 24.6 Å². The normalized spacial score (nSPS) is 14.4. The summed E-state index contributed by atoms with van der Waals surface area (Å²) in [5.74, 6) is -1.33. The van der Waals surface area contributed by atoms with Crippen LogP contribution in [-0.2, 0) is 37.5 Å². The minimum absolute atomic E-state index is 0.0512. The third-order valence-electron chi connectivity index (χ3n) is 8.62. The average Bonchev–Trinajstić information content (AvgIpc) is 3.18. The topological polar surface area (TPSA) is 166 Å². The molecule has 322 valence electrons. The third-order valence-corrected chi connectivity index (χ3v) is 9.57. The van der Waals surface area contributed by atoms with Crippen LogP contribution in [0.25, 0.3) is 0 Å². The maximum atomic E-state index is 12.6. The fraction of sp³-hybridized carbons (Fsp3) is 0.705. The molecule has 12 heteroatoms. The van der Waals surface area contributed by atoms with E-state index >= 15 is 0 Å². The van der Waals surface area contributed by atoms with Gasteiger partial charge in [0.05, 0.1) is 19.8 Å². The highest BCUT2D eigenvalue weighted by Gasteiger charge is 2.27. The summed E-state index contributed by atoms with van der Waals surface area (Å²) in [6.45, 7) is 2.05. The highest BCUT2D eigenvalue weighted by Crippen LogP contribution is 2.43. The third kappa shape index (κ3) is 38.2. The van der Waals surface area contributed by atoms with Crippen molar-refractivity contribution in [2.45, 2.75) is 174 Å². The first-order valence-corrected chi connectivity index (χ1v) is 22.7. The Balaban J connectivity index is 4.53. The van der Waals surface area contributed by atoms with Crippen LogP contribution in [0.15, 0.2) is 60.8 Å². The van der Waals surface area contributed by atoms with Crippen LogP contribution < -0.4 is 0 Å². The fourth-order valence-electron chi connectivity index (χ4n) is 5.29. The molecule has 0 aromatic carbocycles. The Kier molecular flexibility index (Phi) is 37.3. The summed E-state index contributed by atoms with van der Waals surface area (Å²) in [7, 11) is -4.68. The van der Waals surface area contributed by atoms with Crippen molar-refractivity contribution in [2.75, 3.05) is 26.4 Å². The van der Waals surface area contributed by atoms with E-state index in [2.05, 4.69) is 54.8 Å². The minimum Gasteiger partial charge on any atom is -0.462 e. The summed E-state index contributed by atoms with van der Waals surface area (Å²) < 4.78 is 32.5. The van der Waals surface area contributed by atoms with Crippen molar-refractivity contribution in [2.24, 2.45) is 0 Å². The van der Waals surface area contributed by atoms with E-state index in [9.17, 15) is 28.9 Å². The Bertz CT molecular complexity index is 1180. The Morgan fingerprint density at radius 2 is 1.11 bits per heavy atom. The summed E-state index contributed by atoms with van der Waals surface area (Å²) in [5, 5.41) is 18.3. The van der Waals surface area contributed by atoms with Gasteiger partial charge in [0, 0.05) is 19.3 Å². The predicted octanol–water partition coefficient (Wildman–Crippen LogP) is 10.3. The van der Waals surface area contributed by atoms with Crippen molar-refractivity contribution in [3.63, 3.8) is 0 Å². The number of esters is 2. The SMILES string of the molecule is CCCCC/C=C\C/C=C\C/C=C\C=C\C(=O)CCCC(=O)OC[C@H](COP(=O)(O)OC[C@@H](O)CO)OC(=O)CCCCCCC/C=C\CCCCCCCC. The van der Waals surface area contributed by atoms with Gasteiger partial charge in [0.25, 0.3) is 0 Å². The Morgan fingerprint density at radius 3 is 1.77 bits per heavy atom. The quantitative estimate of drug-likeness (QED) is 0.0135. The number of carbonyl (C=O) groups excluding carboxylic acids is 3. The molecule has 0 aliphatic rings. The van der Waals surface area contributed by atoms with E-state index in [1.165, 1.54) is 63.9 Å². The van der Waals surface area contributed by atoms with E-state index in [4.69, 9.17) is 19.1 Å². The van der Waals surface area contributed by atoms with Crippen molar-refractivity contribution >= 4 is 25.5 Å². The number of ketones is 1. The molecule has 0 saturated heterocycles. The highest BCUT2D eigenvalue weighted by molar-refractivity contribution is 7.47. The van der Waals surface area contributed by atoms with E-state index in [-0.39, 0.29) is 31.5 Å². The molecule has 0 aromatic heterocycles. The van der Waals surface area contributed by atoms with Gasteiger partial charge in [0.2, 0.25) is 0 Å². The number of allylic oxidation sites excluding steroid dienone is 10. The molecule has 3 atom stereocenters. The number of unbranched alkanes of at least 4 members (excludes halogenated alkanes) is 14. The Labute approximate surface area is 338 Å². The summed E-state index contributed by atoms with van der Waals surface area (Å²) >= 11 is 0. The fourth-order valence-corrected chi connectivity index (χ4v) is 6.08. The van der Waals surface area contributed by atoms with Crippen molar-refractivity contribution in [3.8, 4) is 0 Å². The van der Waals surface area contributed by atoms with Gasteiger partial charge in [-0.05, 0) is 70.3 Å². The molecule has 0 aliphatic heterocycles. The summed E-state index contributed by atoms with van der Waals surface area (Å²) in [5.41, 5.74) is 0. The van der Waals surface area contributed by atoms with E-state index in [1.807, 2.05) is 12.2 Å². The van der Waals surface area contributed by atoms with Crippen LogP contribution >= 0.6 is 7.82 Å². The van der Waals surface area contributed by atoms with E-state index in [1.54, 1.807) is 6.08 Å². The van der Waals surface area contributed by atoms with Crippen LogP contribution in [0.4, 0.5) is 0 Å². The molecule has 0 saturated carbocycles. The number of phosphoric ester groups is 1. The van der Waals surface area contributed by atoms with Gasteiger partial charge in [-0.15, -0.1) is 0 Å². The molecule has 0 heterocycles. The second-order valence-electron chi connectivity index (χ2n) is 14.0. The highest BCUT2D eigenvalue weighted by atomic mass is 31.2. The molecule has 0 spiro atoms. The van der Waals surface area contributed by atoms with Gasteiger partial charge in [-0.25, -0.2) is 4.57 Å². The Hall–Kier alpha value is -2.66. The second-order valence-corrected chi connectivity index (χ2v) is 15.5. The van der Waals surface area contributed by atoms with Crippen molar-refractivity contribution in [1.29, 1.82) is 0 Å². The van der Waals surface area contributed by atoms with E-state index in [0.29, 0.717) is 6.42 Å². The summed E-state index contributed by atoms with van der Waals surface area (Å²) in [6.07, 6.45) is 39.0. The first-order chi connectivity index (χ1) is 27.1. The van der Waals surface area contributed by atoms with Gasteiger partial charge in [0.1, 0.15) is 12.7 Å². The molecule has 11 nitrogen and oxygen atoms in total. The van der Waals surface area contributed by atoms with Crippen molar-refractivity contribution < 1.29 is 52.6 Å². The van der Waals surface area contributed by atoms with Crippen molar-refractivity contribution in [1.82, 2.24) is 0 Å². The number of aliphatic hydroxyl groups excluding tert-OH is 2. The molecule has 1 unspecified atom stereocenters. The largest absolute Gasteiger partial charge is 0.472 e. The van der Waals surface area contributed by atoms with Crippen LogP contribution in [-0.4, -0.2) is 71.5 Å². The number of hydrogen-bond donors (Lipinski definition) is 3. The smallest absolute Gasteiger partial charge is 0.462 e. The minimum atomic E-state index is -4.68. The lowest BCUT2D eigenvalue weighted by atomic mass is 10.1. The van der Waals surface area contributed by atoms with Crippen LogP contribution in [0.2, 0.25) is 0 Å². The van der Waals surface area contributed by atoms with Gasteiger partial charge in [0.15, 0.2) is 11.9 Å². The molecular formula is C44H75O11P. The molecule has 0 fully saturated rings. The van der Waals surface area contributed by atoms with Crippen molar-refractivity contribution in [3.05, 3.63) is 60.8 Å². The molecule has 0 bridgehead atoms. The maximum Gasteiger partial charge on any atom is 0.472 e. The molecule has 0 rings (SSSR count). The van der Waals surface area contributed by atoms with Gasteiger partial charge >= 0.3 is 19.8 Å². The number of aliphatic hydroxyl groups is 2. The van der Waals surface area contributed by atoms with Crippen LogP contribution in [0.3, 0.4) is 0 Å². The predicted molar refractivity (Wildman–Crippen MR) is 224 cm³/mol. The number of carbonyl (C=O) groups is 3.